The molecule has 4 aliphatic rings. The fourth-order valence-electron chi connectivity index (χ4n) is 11.5. The van der Waals surface area contributed by atoms with Crippen LogP contribution in [0, 0.1) is 11.8 Å². The fraction of sp³-hybridized carbons (Fsp3) is 0.344. The SMILES string of the molecule is O=C(/C=C/C(=O)OC1CN(Cc2ccccc2)c2ccc(C(=O)CCC3CCN(Cc4ccccc4)CC3)cc21)OC1CN(Cc2ccccc2)c2ccc(C(=O)CCC3CCN(Cc4ccccc4)CC3)cc21. The summed E-state index contributed by atoms with van der Waals surface area (Å²) < 4.78 is 12.2. The Morgan fingerprint density at radius 2 is 0.770 bits per heavy atom. The third-order valence-electron chi connectivity index (χ3n) is 15.6. The number of hydrogen-bond donors (Lipinski definition) is 0. The maximum Gasteiger partial charge on any atom is 0.331 e. The molecule has 4 aliphatic heterocycles. The Balaban J connectivity index is 0.763. The highest BCUT2D eigenvalue weighted by Crippen LogP contribution is 2.41. The molecule has 10 rings (SSSR count). The first kappa shape index (κ1) is 50.4. The van der Waals surface area contributed by atoms with Gasteiger partial charge in [-0.25, -0.2) is 9.59 Å². The van der Waals surface area contributed by atoms with Crippen molar-refractivity contribution in [3.63, 3.8) is 0 Å². The zero-order valence-electron chi connectivity index (χ0n) is 42.4. The molecule has 0 aliphatic carbocycles. The largest absolute Gasteiger partial charge is 0.452 e. The molecule has 2 atom stereocenters. The normalized spacial score (nSPS) is 18.3. The quantitative estimate of drug-likeness (QED) is 0.0418. The number of rotatable bonds is 20. The Morgan fingerprint density at radius 3 is 1.12 bits per heavy atom. The van der Waals surface area contributed by atoms with Gasteiger partial charge in [0.25, 0.3) is 0 Å². The molecule has 2 fully saturated rings. The zero-order chi connectivity index (χ0) is 50.6. The van der Waals surface area contributed by atoms with Crippen LogP contribution in [-0.4, -0.2) is 72.6 Å². The average molecular weight is 989 g/mol. The number of esters is 2. The topological polar surface area (TPSA) is 99.7 Å². The Kier molecular flexibility index (Phi) is 16.5. The molecule has 2 saturated heterocycles. The first-order chi connectivity index (χ1) is 36.3. The maximum absolute atomic E-state index is 13.8. The minimum Gasteiger partial charge on any atom is -0.452 e. The molecule has 4 heterocycles. The van der Waals surface area contributed by atoms with Gasteiger partial charge in [0.1, 0.15) is 12.2 Å². The van der Waals surface area contributed by atoms with Gasteiger partial charge in [-0.2, -0.15) is 0 Å². The average Bonchev–Trinajstić information content (AvgIpc) is 3.95. The van der Waals surface area contributed by atoms with Crippen LogP contribution in [0.1, 0.15) is 118 Å². The van der Waals surface area contributed by atoms with Crippen LogP contribution in [-0.2, 0) is 45.2 Å². The lowest BCUT2D eigenvalue weighted by Gasteiger charge is -2.32. The summed E-state index contributed by atoms with van der Waals surface area (Å²) in [5, 5.41) is 0. The Hall–Kier alpha value is -7.14. The second kappa shape index (κ2) is 24.3. The van der Waals surface area contributed by atoms with Crippen LogP contribution >= 0.6 is 0 Å². The molecule has 6 aromatic rings. The predicted octanol–water partition coefficient (Wildman–Crippen LogP) is 11.9. The standard InChI is InChI=1S/C64H68N4O6/c69-59(27-21-47-31-35-65(36-32-47)41-49-13-5-1-6-14-49)53-23-25-57-55(39-53)61(45-67(57)43-51-17-9-3-10-18-51)73-63(71)29-30-64(72)74-62-46-68(44-52-19-11-4-12-20-52)58-26-24-54(40-56(58)62)60(70)28-22-48-33-37-66(38-34-48)42-50-15-7-2-8-16-50/h1-20,23-26,29-30,39-40,47-48,61-62H,21-22,27-28,31-38,41-46H2/b30-29+. The second-order valence-electron chi connectivity index (χ2n) is 20.8. The van der Waals surface area contributed by atoms with Gasteiger partial charge in [-0.3, -0.25) is 19.4 Å². The van der Waals surface area contributed by atoms with E-state index in [1.54, 1.807) is 0 Å². The van der Waals surface area contributed by atoms with E-state index >= 15 is 0 Å². The lowest BCUT2D eigenvalue weighted by atomic mass is 9.90. The number of benzene rings is 6. The van der Waals surface area contributed by atoms with Gasteiger partial charge in [0.2, 0.25) is 0 Å². The van der Waals surface area contributed by atoms with Gasteiger partial charge in [-0.1, -0.05) is 121 Å². The maximum atomic E-state index is 13.8. The van der Waals surface area contributed by atoms with E-state index in [-0.39, 0.29) is 11.6 Å². The number of nitrogens with zero attached hydrogens (tertiary/aromatic N) is 4. The summed E-state index contributed by atoms with van der Waals surface area (Å²) in [5.74, 6) is -0.165. The summed E-state index contributed by atoms with van der Waals surface area (Å²) in [6.07, 6.45) is 7.91. The molecule has 0 saturated carbocycles. The van der Waals surface area contributed by atoms with Gasteiger partial charge in [0.05, 0.1) is 13.1 Å². The number of Topliss-reactive ketones (excluding diaryl/α,β-unsaturated/α-hetero) is 2. The first-order valence-corrected chi connectivity index (χ1v) is 26.8. The number of likely N-dealkylation sites (tertiary alicyclic amines) is 2. The summed E-state index contributed by atoms with van der Waals surface area (Å²) in [6.45, 7) is 8.06. The minimum atomic E-state index is -0.679. The van der Waals surface area contributed by atoms with Crippen LogP contribution in [0.3, 0.4) is 0 Å². The fourth-order valence-corrected chi connectivity index (χ4v) is 11.5. The number of piperidine rings is 2. The highest BCUT2D eigenvalue weighted by molar-refractivity contribution is 5.98. The summed E-state index contributed by atoms with van der Waals surface area (Å²) in [4.78, 5) is 64.2. The van der Waals surface area contributed by atoms with Crippen LogP contribution in [0.15, 0.2) is 170 Å². The number of fused-ring (bicyclic) bond motifs is 2. The van der Waals surface area contributed by atoms with E-state index in [0.717, 1.165) is 124 Å². The lowest BCUT2D eigenvalue weighted by molar-refractivity contribution is -0.145. The van der Waals surface area contributed by atoms with E-state index < -0.39 is 24.1 Å². The van der Waals surface area contributed by atoms with Crippen molar-refractivity contribution in [3.05, 3.63) is 214 Å². The smallest absolute Gasteiger partial charge is 0.331 e. The number of carbonyl (C=O) groups excluding carboxylic acids is 4. The van der Waals surface area contributed by atoms with Crippen molar-refractivity contribution in [1.82, 2.24) is 9.80 Å². The van der Waals surface area contributed by atoms with E-state index in [1.807, 2.05) is 72.8 Å². The highest BCUT2D eigenvalue weighted by atomic mass is 16.6. The number of ketones is 2. The summed E-state index contributed by atoms with van der Waals surface area (Å²) >= 11 is 0. The van der Waals surface area contributed by atoms with Crippen LogP contribution in [0.25, 0.3) is 0 Å². The molecule has 10 nitrogen and oxygen atoms in total. The molecule has 74 heavy (non-hydrogen) atoms. The Labute approximate surface area is 436 Å². The van der Waals surface area contributed by atoms with Crippen molar-refractivity contribution < 1.29 is 28.7 Å². The molecular weight excluding hydrogens is 921 g/mol. The molecule has 0 N–H and O–H groups in total. The second-order valence-corrected chi connectivity index (χ2v) is 20.8. The number of ether oxygens (including phenoxy) is 2. The molecule has 0 radical (unpaired) electrons. The van der Waals surface area contributed by atoms with Gasteiger partial charge in [-0.15, -0.1) is 0 Å². The molecule has 0 bridgehead atoms. The van der Waals surface area contributed by atoms with Gasteiger partial charge >= 0.3 is 11.9 Å². The molecule has 2 unspecified atom stereocenters. The molecule has 380 valence electrons. The molecule has 6 aromatic carbocycles. The predicted molar refractivity (Wildman–Crippen MR) is 291 cm³/mol. The van der Waals surface area contributed by atoms with E-state index in [9.17, 15) is 19.2 Å². The molecular formula is C64H68N4O6. The van der Waals surface area contributed by atoms with Gasteiger partial charge in [0.15, 0.2) is 11.6 Å². The van der Waals surface area contributed by atoms with Gasteiger partial charge < -0.3 is 19.3 Å². The van der Waals surface area contributed by atoms with Crippen LogP contribution in [0.2, 0.25) is 0 Å². The minimum absolute atomic E-state index is 0.0898. The Bertz CT molecular complexity index is 2680. The van der Waals surface area contributed by atoms with Crippen molar-refractivity contribution in [2.24, 2.45) is 11.8 Å². The van der Waals surface area contributed by atoms with Crippen LogP contribution in [0.5, 0.6) is 0 Å². The molecule has 0 spiro atoms. The van der Waals surface area contributed by atoms with E-state index in [2.05, 4.69) is 105 Å². The van der Waals surface area contributed by atoms with Gasteiger partial charge in [0, 0.05) is 84.8 Å². The lowest BCUT2D eigenvalue weighted by Crippen LogP contribution is -2.33. The van der Waals surface area contributed by atoms with Crippen molar-refractivity contribution in [2.45, 2.75) is 89.8 Å². The third-order valence-corrected chi connectivity index (χ3v) is 15.6. The van der Waals surface area contributed by atoms with E-state index in [4.69, 9.17) is 9.47 Å². The van der Waals surface area contributed by atoms with Crippen molar-refractivity contribution in [3.8, 4) is 0 Å². The summed E-state index contributed by atoms with van der Waals surface area (Å²) in [7, 11) is 0. The number of hydrogen-bond acceptors (Lipinski definition) is 10. The van der Waals surface area contributed by atoms with Crippen molar-refractivity contribution in [2.75, 3.05) is 49.1 Å². The number of anilines is 2. The molecule has 0 amide bonds. The summed E-state index contributed by atoms with van der Waals surface area (Å²) in [5.41, 5.74) is 9.50. The number of carbonyl (C=O) groups is 4. The monoisotopic (exact) mass is 989 g/mol. The zero-order valence-corrected chi connectivity index (χ0v) is 42.4. The van der Waals surface area contributed by atoms with Crippen LogP contribution in [0.4, 0.5) is 11.4 Å². The first-order valence-electron chi connectivity index (χ1n) is 26.8. The highest BCUT2D eigenvalue weighted by Gasteiger charge is 2.34. The van der Waals surface area contributed by atoms with Gasteiger partial charge in [-0.05, 0) is 135 Å². The van der Waals surface area contributed by atoms with Crippen molar-refractivity contribution in [1.29, 1.82) is 0 Å². The van der Waals surface area contributed by atoms with E-state index in [0.29, 0.717) is 62.0 Å². The molecule has 10 heteroatoms. The molecule has 0 aromatic heterocycles. The third kappa shape index (κ3) is 13.1. The van der Waals surface area contributed by atoms with Crippen molar-refractivity contribution >= 4 is 34.9 Å². The van der Waals surface area contributed by atoms with Crippen LogP contribution < -0.4 is 9.80 Å². The Morgan fingerprint density at radius 1 is 0.432 bits per heavy atom. The summed E-state index contributed by atoms with van der Waals surface area (Å²) in [6, 6.07) is 53.0. The van der Waals surface area contributed by atoms with E-state index in [1.165, 1.54) is 11.1 Å².